The lowest BCUT2D eigenvalue weighted by molar-refractivity contribution is 0.0218. The zero-order chi connectivity index (χ0) is 17.6. The molecule has 2 aromatic rings. The second-order valence-corrected chi connectivity index (χ2v) is 7.83. The van der Waals surface area contributed by atoms with Crippen molar-refractivity contribution < 1.29 is 13.6 Å². The van der Waals surface area contributed by atoms with Crippen molar-refractivity contribution in [2.24, 2.45) is 5.92 Å². The molecular formula is C18H19F2N3OS. The molecule has 1 amide bonds. The first-order valence-electron chi connectivity index (χ1n) is 8.48. The molecule has 1 aromatic heterocycles. The van der Waals surface area contributed by atoms with E-state index in [1.54, 1.807) is 0 Å². The molecule has 2 atom stereocenters. The number of piperidine rings is 3. The number of benzene rings is 1. The molecule has 4 nitrogen and oxygen atoms in total. The normalized spacial score (nSPS) is 28.1. The lowest BCUT2D eigenvalue weighted by atomic mass is 9.79. The van der Waals surface area contributed by atoms with E-state index in [2.05, 4.69) is 22.1 Å². The number of carbonyl (C=O) groups excluding carboxylic acids is 1. The number of thiazole rings is 1. The van der Waals surface area contributed by atoms with Crippen molar-refractivity contribution in [3.05, 3.63) is 40.9 Å². The fourth-order valence-corrected chi connectivity index (χ4v) is 4.76. The van der Waals surface area contributed by atoms with Crippen molar-refractivity contribution in [3.8, 4) is 10.6 Å². The number of carbonyl (C=O) groups is 1. The molecule has 132 valence electrons. The minimum Gasteiger partial charge on any atom is -0.347 e. The summed E-state index contributed by atoms with van der Waals surface area (Å²) in [7, 11) is 0. The molecule has 0 aliphatic carbocycles. The van der Waals surface area contributed by atoms with Crippen LogP contribution in [0.2, 0.25) is 0 Å². The number of rotatable bonds is 3. The number of nitrogens with zero attached hydrogens (tertiary/aromatic N) is 2. The molecule has 5 rings (SSSR count). The van der Waals surface area contributed by atoms with Crippen LogP contribution in [0.3, 0.4) is 0 Å². The van der Waals surface area contributed by atoms with Gasteiger partial charge in [-0.05, 0) is 50.9 Å². The highest BCUT2D eigenvalue weighted by Crippen LogP contribution is 2.33. The zero-order valence-corrected chi connectivity index (χ0v) is 14.7. The molecule has 2 unspecified atom stereocenters. The number of amides is 1. The first-order chi connectivity index (χ1) is 12.0. The average Bonchev–Trinajstić information content (AvgIpc) is 3.08. The van der Waals surface area contributed by atoms with Crippen LogP contribution in [0, 0.1) is 17.6 Å². The Balaban J connectivity index is 1.51. The largest absolute Gasteiger partial charge is 0.347 e. The Morgan fingerprint density at radius 1 is 1.24 bits per heavy atom. The van der Waals surface area contributed by atoms with Crippen molar-refractivity contribution in [1.82, 2.24) is 15.2 Å². The Bertz CT molecular complexity index is 779. The number of hydrogen-bond acceptors (Lipinski definition) is 4. The molecule has 4 heterocycles. The highest BCUT2D eigenvalue weighted by atomic mass is 32.1. The summed E-state index contributed by atoms with van der Waals surface area (Å²) < 4.78 is 26.7. The third-order valence-corrected chi connectivity index (χ3v) is 6.36. The summed E-state index contributed by atoms with van der Waals surface area (Å²) in [5.74, 6) is -0.950. The maximum Gasteiger partial charge on any atom is 0.263 e. The van der Waals surface area contributed by atoms with Gasteiger partial charge in [-0.3, -0.25) is 9.69 Å². The lowest BCUT2D eigenvalue weighted by Crippen LogP contribution is -2.62. The average molecular weight is 363 g/mol. The van der Waals surface area contributed by atoms with Crippen LogP contribution in [0.5, 0.6) is 0 Å². The van der Waals surface area contributed by atoms with Crippen LogP contribution in [0.4, 0.5) is 8.78 Å². The molecule has 0 spiro atoms. The number of nitrogens with one attached hydrogen (secondary N) is 1. The van der Waals surface area contributed by atoms with E-state index < -0.39 is 11.6 Å². The Hall–Kier alpha value is -1.86. The van der Waals surface area contributed by atoms with Crippen LogP contribution in [0.15, 0.2) is 24.4 Å². The summed E-state index contributed by atoms with van der Waals surface area (Å²) in [4.78, 5) is 19.6. The number of hydrogen-bond donors (Lipinski definition) is 1. The predicted molar refractivity (Wildman–Crippen MR) is 92.5 cm³/mol. The van der Waals surface area contributed by atoms with Crippen LogP contribution in [-0.2, 0) is 0 Å². The van der Waals surface area contributed by atoms with Crippen molar-refractivity contribution in [2.75, 3.05) is 13.1 Å². The molecule has 2 bridgehead atoms. The topological polar surface area (TPSA) is 45.2 Å². The second-order valence-electron chi connectivity index (χ2n) is 6.80. The summed E-state index contributed by atoms with van der Waals surface area (Å²) in [6, 6.07) is 3.74. The van der Waals surface area contributed by atoms with E-state index in [4.69, 9.17) is 0 Å². The van der Waals surface area contributed by atoms with E-state index in [9.17, 15) is 13.6 Å². The van der Waals surface area contributed by atoms with Crippen LogP contribution in [-0.4, -0.2) is 41.0 Å². The van der Waals surface area contributed by atoms with Gasteiger partial charge in [0.25, 0.3) is 5.91 Å². The maximum atomic E-state index is 13.4. The van der Waals surface area contributed by atoms with Gasteiger partial charge in [0, 0.05) is 23.7 Å². The summed E-state index contributed by atoms with van der Waals surface area (Å²) in [5, 5.41) is 3.58. The zero-order valence-electron chi connectivity index (χ0n) is 13.8. The van der Waals surface area contributed by atoms with Gasteiger partial charge < -0.3 is 5.32 Å². The van der Waals surface area contributed by atoms with E-state index in [1.165, 1.54) is 18.3 Å². The molecule has 3 saturated heterocycles. The third kappa shape index (κ3) is 3.18. The minimum atomic E-state index is -0.655. The Morgan fingerprint density at radius 2 is 1.92 bits per heavy atom. The van der Waals surface area contributed by atoms with Crippen LogP contribution in [0.1, 0.15) is 29.4 Å². The van der Waals surface area contributed by atoms with Gasteiger partial charge in [-0.2, -0.15) is 0 Å². The standard InChI is InChI=1S/C18H19F2N3OS/c1-10-16(11-2-4-23(10)5-3-11)22-17(24)15-9-21-18(25-15)12-6-13(19)8-14(20)7-12/h6-11,16H,2-5H2,1H3,(H,22,24). The van der Waals surface area contributed by atoms with Gasteiger partial charge in [0.15, 0.2) is 0 Å². The summed E-state index contributed by atoms with van der Waals surface area (Å²) >= 11 is 1.15. The van der Waals surface area contributed by atoms with Gasteiger partial charge in [0.05, 0.1) is 6.20 Å². The van der Waals surface area contributed by atoms with Gasteiger partial charge in [0.1, 0.15) is 21.5 Å². The number of fused-ring (bicyclic) bond motifs is 3. The first-order valence-corrected chi connectivity index (χ1v) is 9.30. The van der Waals surface area contributed by atoms with Crippen molar-refractivity contribution >= 4 is 17.2 Å². The fraction of sp³-hybridized carbons (Fsp3) is 0.444. The van der Waals surface area contributed by atoms with E-state index in [1.807, 2.05) is 0 Å². The molecular weight excluding hydrogens is 344 g/mol. The van der Waals surface area contributed by atoms with E-state index in [0.29, 0.717) is 27.4 Å². The fourth-order valence-electron chi connectivity index (χ4n) is 3.96. The summed E-state index contributed by atoms with van der Waals surface area (Å²) in [6.45, 7) is 4.37. The highest BCUT2D eigenvalue weighted by Gasteiger charge is 2.40. The third-order valence-electron chi connectivity index (χ3n) is 5.31. The highest BCUT2D eigenvalue weighted by molar-refractivity contribution is 7.16. The molecule has 1 N–H and O–H groups in total. The van der Waals surface area contributed by atoms with Gasteiger partial charge in [0.2, 0.25) is 0 Å². The molecule has 3 aliphatic rings. The molecule has 0 saturated carbocycles. The number of aromatic nitrogens is 1. The van der Waals surface area contributed by atoms with Crippen LogP contribution < -0.4 is 5.32 Å². The lowest BCUT2D eigenvalue weighted by Gasteiger charge is -2.49. The molecule has 0 radical (unpaired) electrons. The second kappa shape index (κ2) is 6.46. The minimum absolute atomic E-state index is 0.146. The quantitative estimate of drug-likeness (QED) is 0.910. The van der Waals surface area contributed by atoms with E-state index in [-0.39, 0.29) is 11.9 Å². The molecule has 3 fully saturated rings. The smallest absolute Gasteiger partial charge is 0.263 e. The van der Waals surface area contributed by atoms with E-state index >= 15 is 0 Å². The Labute approximate surface area is 148 Å². The van der Waals surface area contributed by atoms with Gasteiger partial charge >= 0.3 is 0 Å². The summed E-state index contributed by atoms with van der Waals surface area (Å²) in [6.07, 6.45) is 3.71. The van der Waals surface area contributed by atoms with Crippen molar-refractivity contribution in [2.45, 2.75) is 31.8 Å². The van der Waals surface area contributed by atoms with E-state index in [0.717, 1.165) is 43.3 Å². The Morgan fingerprint density at radius 3 is 2.56 bits per heavy atom. The van der Waals surface area contributed by atoms with Crippen LogP contribution >= 0.6 is 11.3 Å². The molecule has 7 heteroatoms. The van der Waals surface area contributed by atoms with Crippen LogP contribution in [0.25, 0.3) is 10.6 Å². The monoisotopic (exact) mass is 363 g/mol. The van der Waals surface area contributed by atoms with Crippen molar-refractivity contribution in [1.29, 1.82) is 0 Å². The number of halogens is 2. The SMILES string of the molecule is CC1C(NC(=O)c2cnc(-c3cc(F)cc(F)c3)s2)C2CCN1CC2. The first kappa shape index (κ1) is 16.6. The van der Waals surface area contributed by atoms with Crippen molar-refractivity contribution in [3.63, 3.8) is 0 Å². The van der Waals surface area contributed by atoms with Gasteiger partial charge in [-0.1, -0.05) is 0 Å². The molecule has 1 aromatic carbocycles. The predicted octanol–water partition coefficient (Wildman–Crippen LogP) is 3.30. The molecule has 3 aliphatic heterocycles. The Kier molecular flexibility index (Phi) is 4.29. The van der Waals surface area contributed by atoms with Gasteiger partial charge in [-0.25, -0.2) is 13.8 Å². The van der Waals surface area contributed by atoms with Gasteiger partial charge in [-0.15, -0.1) is 11.3 Å². The summed E-state index contributed by atoms with van der Waals surface area (Å²) in [5.41, 5.74) is 0.345. The molecule has 25 heavy (non-hydrogen) atoms. The maximum absolute atomic E-state index is 13.4.